The zero-order valence-electron chi connectivity index (χ0n) is 5.72. The quantitative estimate of drug-likeness (QED) is 0.569. The van der Waals surface area contributed by atoms with Gasteiger partial charge in [0.2, 0.25) is 0 Å². The summed E-state index contributed by atoms with van der Waals surface area (Å²) in [6.07, 6.45) is 1.57. The van der Waals surface area contributed by atoms with E-state index in [1.165, 1.54) is 6.92 Å². The van der Waals surface area contributed by atoms with Crippen molar-refractivity contribution in [3.8, 4) is 0 Å². The third-order valence-corrected chi connectivity index (χ3v) is 1.29. The summed E-state index contributed by atoms with van der Waals surface area (Å²) in [5.74, 6) is -0.0297. The molecule has 0 saturated carbocycles. The van der Waals surface area contributed by atoms with Gasteiger partial charge in [-0.1, -0.05) is 0 Å². The van der Waals surface area contributed by atoms with Gasteiger partial charge in [-0.2, -0.15) is 5.10 Å². The Hall–Kier alpha value is -1.16. The predicted octanol–water partition coefficient (Wildman–Crippen LogP) is 0.0710. The van der Waals surface area contributed by atoms with E-state index in [-0.39, 0.29) is 5.78 Å². The average molecular weight is 139 g/mol. The van der Waals surface area contributed by atoms with Crippen LogP contribution in [-0.4, -0.2) is 16.0 Å². The molecule has 0 amide bonds. The number of ketones is 1. The fourth-order valence-corrected chi connectivity index (χ4v) is 0.771. The number of aromatic amines is 1. The van der Waals surface area contributed by atoms with Crippen molar-refractivity contribution in [1.29, 1.82) is 0 Å². The van der Waals surface area contributed by atoms with E-state index in [9.17, 15) is 4.79 Å². The van der Waals surface area contributed by atoms with E-state index in [0.717, 1.165) is 5.56 Å². The maximum atomic E-state index is 10.8. The second kappa shape index (κ2) is 2.62. The first-order valence-electron chi connectivity index (χ1n) is 2.99. The monoisotopic (exact) mass is 139 g/mol. The van der Waals surface area contributed by atoms with Crippen LogP contribution in [0, 0.1) is 0 Å². The van der Waals surface area contributed by atoms with E-state index < -0.39 is 0 Å². The van der Waals surface area contributed by atoms with Crippen LogP contribution in [0.15, 0.2) is 6.20 Å². The SMILES string of the molecule is CC(=O)c1[nH]ncc1CN. The fourth-order valence-electron chi connectivity index (χ4n) is 0.771. The first kappa shape index (κ1) is 6.95. The topological polar surface area (TPSA) is 71.8 Å². The average Bonchev–Trinajstić information content (AvgIpc) is 2.33. The van der Waals surface area contributed by atoms with Crippen molar-refractivity contribution in [2.24, 2.45) is 5.73 Å². The molecule has 1 heterocycles. The molecule has 0 saturated heterocycles. The molecule has 0 radical (unpaired) electrons. The minimum Gasteiger partial charge on any atom is -0.326 e. The Morgan fingerprint density at radius 2 is 2.60 bits per heavy atom. The molecule has 3 N–H and O–H groups in total. The van der Waals surface area contributed by atoms with Gasteiger partial charge >= 0.3 is 0 Å². The molecule has 10 heavy (non-hydrogen) atoms. The Bertz CT molecular complexity index is 241. The van der Waals surface area contributed by atoms with Crippen LogP contribution in [0.3, 0.4) is 0 Å². The predicted molar refractivity (Wildman–Crippen MR) is 36.5 cm³/mol. The van der Waals surface area contributed by atoms with Crippen LogP contribution in [0.2, 0.25) is 0 Å². The first-order chi connectivity index (χ1) is 4.75. The number of nitrogens with one attached hydrogen (secondary N) is 1. The van der Waals surface area contributed by atoms with Gasteiger partial charge in [0.05, 0.1) is 6.20 Å². The van der Waals surface area contributed by atoms with Crippen molar-refractivity contribution in [2.45, 2.75) is 13.5 Å². The Labute approximate surface area is 58.4 Å². The van der Waals surface area contributed by atoms with E-state index >= 15 is 0 Å². The van der Waals surface area contributed by atoms with Gasteiger partial charge in [0.25, 0.3) is 0 Å². The number of rotatable bonds is 2. The van der Waals surface area contributed by atoms with E-state index in [2.05, 4.69) is 10.2 Å². The van der Waals surface area contributed by atoms with Gasteiger partial charge in [-0.3, -0.25) is 9.89 Å². The second-order valence-electron chi connectivity index (χ2n) is 2.03. The highest BCUT2D eigenvalue weighted by atomic mass is 16.1. The highest BCUT2D eigenvalue weighted by Gasteiger charge is 2.06. The molecule has 1 aromatic heterocycles. The van der Waals surface area contributed by atoms with Crippen LogP contribution in [0.5, 0.6) is 0 Å². The largest absolute Gasteiger partial charge is 0.326 e. The van der Waals surface area contributed by atoms with E-state index in [4.69, 9.17) is 5.73 Å². The summed E-state index contributed by atoms with van der Waals surface area (Å²) in [5, 5.41) is 6.26. The molecule has 0 aliphatic rings. The van der Waals surface area contributed by atoms with Crippen molar-refractivity contribution in [3.05, 3.63) is 17.5 Å². The summed E-state index contributed by atoms with van der Waals surface area (Å²) in [6.45, 7) is 1.83. The molecule has 54 valence electrons. The zero-order chi connectivity index (χ0) is 7.56. The molecule has 0 aromatic carbocycles. The molecule has 0 unspecified atom stereocenters. The van der Waals surface area contributed by atoms with Gasteiger partial charge in [0, 0.05) is 19.0 Å². The van der Waals surface area contributed by atoms with Crippen LogP contribution in [0.4, 0.5) is 0 Å². The second-order valence-corrected chi connectivity index (χ2v) is 2.03. The Balaban J connectivity index is 3.01. The number of H-pyrrole nitrogens is 1. The summed E-state index contributed by atoms with van der Waals surface area (Å²) in [6, 6.07) is 0. The lowest BCUT2D eigenvalue weighted by molar-refractivity contribution is 0.101. The Morgan fingerprint density at radius 3 is 3.00 bits per heavy atom. The number of nitrogens with zero attached hydrogens (tertiary/aromatic N) is 1. The molecule has 4 heteroatoms. The number of hydrogen-bond acceptors (Lipinski definition) is 3. The lowest BCUT2D eigenvalue weighted by Gasteiger charge is -1.91. The normalized spacial score (nSPS) is 9.80. The summed E-state index contributed by atoms with van der Waals surface area (Å²) in [4.78, 5) is 10.8. The van der Waals surface area contributed by atoms with Gasteiger partial charge in [0.15, 0.2) is 5.78 Å². The highest BCUT2D eigenvalue weighted by Crippen LogP contribution is 2.02. The zero-order valence-corrected chi connectivity index (χ0v) is 5.72. The number of hydrogen-bond donors (Lipinski definition) is 2. The van der Waals surface area contributed by atoms with Crippen molar-refractivity contribution in [3.63, 3.8) is 0 Å². The lowest BCUT2D eigenvalue weighted by atomic mass is 10.2. The summed E-state index contributed by atoms with van der Waals surface area (Å²) >= 11 is 0. The third kappa shape index (κ3) is 1.06. The lowest BCUT2D eigenvalue weighted by Crippen LogP contribution is -2.02. The van der Waals surface area contributed by atoms with Gasteiger partial charge in [-0.15, -0.1) is 0 Å². The van der Waals surface area contributed by atoms with Crippen molar-refractivity contribution < 1.29 is 4.79 Å². The maximum Gasteiger partial charge on any atom is 0.177 e. The standard InChI is InChI=1S/C6H9N3O/c1-4(10)6-5(2-7)3-8-9-6/h3H,2,7H2,1H3,(H,8,9). The van der Waals surface area contributed by atoms with Crippen LogP contribution in [-0.2, 0) is 6.54 Å². The van der Waals surface area contributed by atoms with E-state index in [1.807, 2.05) is 0 Å². The fraction of sp³-hybridized carbons (Fsp3) is 0.333. The van der Waals surface area contributed by atoms with Crippen molar-refractivity contribution in [2.75, 3.05) is 0 Å². The maximum absolute atomic E-state index is 10.8. The minimum atomic E-state index is -0.0297. The molecule has 1 aromatic rings. The van der Waals surface area contributed by atoms with Crippen LogP contribution in [0.25, 0.3) is 0 Å². The highest BCUT2D eigenvalue weighted by molar-refractivity contribution is 5.93. The summed E-state index contributed by atoms with van der Waals surface area (Å²) in [5.41, 5.74) is 6.61. The van der Waals surface area contributed by atoms with Crippen LogP contribution >= 0.6 is 0 Å². The first-order valence-corrected chi connectivity index (χ1v) is 2.99. The van der Waals surface area contributed by atoms with Crippen molar-refractivity contribution in [1.82, 2.24) is 10.2 Å². The van der Waals surface area contributed by atoms with E-state index in [1.54, 1.807) is 6.20 Å². The smallest absolute Gasteiger partial charge is 0.177 e. The molecule has 0 aliphatic carbocycles. The molecule has 0 bridgehead atoms. The van der Waals surface area contributed by atoms with Gasteiger partial charge in [-0.25, -0.2) is 0 Å². The molecule has 4 nitrogen and oxygen atoms in total. The van der Waals surface area contributed by atoms with Gasteiger partial charge in [0.1, 0.15) is 5.69 Å². The van der Waals surface area contributed by atoms with Crippen molar-refractivity contribution >= 4 is 5.78 Å². The summed E-state index contributed by atoms with van der Waals surface area (Å²) < 4.78 is 0. The number of aromatic nitrogens is 2. The third-order valence-electron chi connectivity index (χ3n) is 1.29. The molecule has 0 aliphatic heterocycles. The molecule has 0 atom stereocenters. The van der Waals surface area contributed by atoms with Gasteiger partial charge < -0.3 is 5.73 Å². The molecule has 1 rings (SSSR count). The molecule has 0 spiro atoms. The Kier molecular flexibility index (Phi) is 1.82. The number of Topliss-reactive ketones (excluding diaryl/α,β-unsaturated/α-hetero) is 1. The van der Waals surface area contributed by atoms with Crippen LogP contribution in [0.1, 0.15) is 23.0 Å². The molecular weight excluding hydrogens is 130 g/mol. The van der Waals surface area contributed by atoms with Gasteiger partial charge in [-0.05, 0) is 0 Å². The Morgan fingerprint density at radius 1 is 1.90 bits per heavy atom. The summed E-state index contributed by atoms with van der Waals surface area (Å²) in [7, 11) is 0. The van der Waals surface area contributed by atoms with Crippen LogP contribution < -0.4 is 5.73 Å². The number of nitrogens with two attached hydrogens (primary N) is 1. The van der Waals surface area contributed by atoms with E-state index in [0.29, 0.717) is 12.2 Å². The molecule has 0 fully saturated rings. The number of carbonyl (C=O) groups excluding carboxylic acids is 1. The molecular formula is C6H9N3O. The number of carbonyl (C=O) groups is 1. The minimum absolute atomic E-state index is 0.0297.